The molecule has 0 atom stereocenters. The minimum absolute atomic E-state index is 0. The summed E-state index contributed by atoms with van der Waals surface area (Å²) < 4.78 is 10.5. The number of nitrogens with zero attached hydrogens (tertiary/aromatic N) is 2. The molecule has 8 nitrogen and oxygen atoms in total. The van der Waals surface area contributed by atoms with E-state index in [-0.39, 0.29) is 35.6 Å². The number of benzene rings is 1. The van der Waals surface area contributed by atoms with Crippen LogP contribution >= 0.6 is 24.0 Å². The summed E-state index contributed by atoms with van der Waals surface area (Å²) in [4.78, 5) is 16.3. The fraction of sp³-hybridized carbons (Fsp3) is 0.348. The Morgan fingerprint density at radius 1 is 1.09 bits per heavy atom. The number of carbonyl (C=O) groups excluding carboxylic acids is 1. The second kappa shape index (κ2) is 12.9. The molecule has 2 aromatic heterocycles. The van der Waals surface area contributed by atoms with E-state index in [1.165, 1.54) is 6.26 Å². The molecule has 0 radical (unpaired) electrons. The summed E-state index contributed by atoms with van der Waals surface area (Å²) in [5.41, 5.74) is 2.75. The molecule has 0 fully saturated rings. The van der Waals surface area contributed by atoms with Gasteiger partial charge in [-0.05, 0) is 42.7 Å². The molecule has 9 heteroatoms. The highest BCUT2D eigenvalue weighted by Crippen LogP contribution is 2.22. The molecule has 3 aromatic rings. The second-order valence-corrected chi connectivity index (χ2v) is 7.14. The lowest BCUT2D eigenvalue weighted by molar-refractivity contribution is 0.0996. The Morgan fingerprint density at radius 3 is 2.44 bits per heavy atom. The quantitative estimate of drug-likeness (QED) is 0.199. The molecule has 0 bridgehead atoms. The highest BCUT2D eigenvalue weighted by molar-refractivity contribution is 14.0. The Balaban J connectivity index is 0.00000363. The van der Waals surface area contributed by atoms with Gasteiger partial charge in [0.25, 0.3) is 5.91 Å². The number of guanidine groups is 1. The zero-order chi connectivity index (χ0) is 22.1. The first-order valence-electron chi connectivity index (χ1n) is 10.5. The van der Waals surface area contributed by atoms with Gasteiger partial charge < -0.3 is 24.9 Å². The summed E-state index contributed by atoms with van der Waals surface area (Å²) in [6, 6.07) is 12.9. The number of hydrogen-bond donors (Lipinski definition) is 3. The monoisotopic (exact) mass is 551 g/mol. The van der Waals surface area contributed by atoms with Crippen LogP contribution in [0.1, 0.15) is 60.2 Å². The summed E-state index contributed by atoms with van der Waals surface area (Å²) >= 11 is 0. The van der Waals surface area contributed by atoms with E-state index in [1.807, 2.05) is 30.3 Å². The fourth-order valence-electron chi connectivity index (χ4n) is 3.20. The summed E-state index contributed by atoms with van der Waals surface area (Å²) in [5, 5.41) is 13.5. The van der Waals surface area contributed by atoms with Gasteiger partial charge in [-0.3, -0.25) is 9.79 Å². The molecular weight excluding hydrogens is 521 g/mol. The Bertz CT molecular complexity index is 979. The number of nitrogens with one attached hydrogen (secondary N) is 3. The highest BCUT2D eigenvalue weighted by atomic mass is 127. The van der Waals surface area contributed by atoms with Crippen molar-refractivity contribution >= 4 is 41.5 Å². The Hall–Kier alpha value is -2.82. The minimum Gasteiger partial charge on any atom is -0.459 e. The number of aromatic nitrogens is 1. The van der Waals surface area contributed by atoms with Crippen molar-refractivity contribution in [2.45, 2.75) is 45.7 Å². The van der Waals surface area contributed by atoms with E-state index < -0.39 is 0 Å². The van der Waals surface area contributed by atoms with Gasteiger partial charge in [0.15, 0.2) is 17.5 Å². The summed E-state index contributed by atoms with van der Waals surface area (Å²) in [7, 11) is 1.72. The largest absolute Gasteiger partial charge is 0.459 e. The Labute approximate surface area is 205 Å². The molecule has 0 unspecified atom stereocenters. The maximum absolute atomic E-state index is 12.0. The van der Waals surface area contributed by atoms with E-state index in [2.05, 4.69) is 39.9 Å². The van der Waals surface area contributed by atoms with Crippen LogP contribution < -0.4 is 16.0 Å². The molecule has 2 heterocycles. The van der Waals surface area contributed by atoms with Gasteiger partial charge in [0, 0.05) is 31.3 Å². The maximum atomic E-state index is 12.0. The minimum atomic E-state index is -0.278. The molecular formula is C23H30IN5O3. The molecule has 3 rings (SSSR count). The van der Waals surface area contributed by atoms with Crippen molar-refractivity contribution in [1.29, 1.82) is 0 Å². The Morgan fingerprint density at radius 2 is 1.81 bits per heavy atom. The number of amides is 1. The molecule has 0 saturated heterocycles. The van der Waals surface area contributed by atoms with Crippen molar-refractivity contribution in [3.8, 4) is 0 Å². The van der Waals surface area contributed by atoms with Crippen LogP contribution in [0.4, 0.5) is 5.69 Å². The van der Waals surface area contributed by atoms with Gasteiger partial charge in [0.1, 0.15) is 0 Å². The molecule has 0 aliphatic carbocycles. The molecule has 0 spiro atoms. The van der Waals surface area contributed by atoms with E-state index in [0.29, 0.717) is 30.7 Å². The lowest BCUT2D eigenvalue weighted by Crippen LogP contribution is -2.36. The smallest absolute Gasteiger partial charge is 0.291 e. The number of aliphatic imine (C=N–C) groups is 1. The predicted octanol–water partition coefficient (Wildman–Crippen LogP) is 4.91. The Kier molecular flexibility index (Phi) is 10.3. The number of rotatable bonds is 9. The van der Waals surface area contributed by atoms with Crippen LogP contribution in [-0.2, 0) is 13.1 Å². The molecule has 0 saturated carbocycles. The normalized spacial score (nSPS) is 11.2. The lowest BCUT2D eigenvalue weighted by atomic mass is 9.99. The van der Waals surface area contributed by atoms with Gasteiger partial charge in [0.2, 0.25) is 0 Å². The van der Waals surface area contributed by atoms with Gasteiger partial charge in [-0.2, -0.15) is 0 Å². The third-order valence-corrected chi connectivity index (χ3v) is 5.05. The van der Waals surface area contributed by atoms with Crippen molar-refractivity contribution in [2.24, 2.45) is 4.99 Å². The van der Waals surface area contributed by atoms with Crippen LogP contribution in [0.25, 0.3) is 0 Å². The lowest BCUT2D eigenvalue weighted by Gasteiger charge is -2.11. The molecule has 0 aliphatic rings. The second-order valence-electron chi connectivity index (χ2n) is 7.14. The average molecular weight is 551 g/mol. The highest BCUT2D eigenvalue weighted by Gasteiger charge is 2.13. The zero-order valence-corrected chi connectivity index (χ0v) is 20.9. The van der Waals surface area contributed by atoms with E-state index in [4.69, 9.17) is 8.94 Å². The number of furan rings is 1. The standard InChI is InChI=1S/C23H29N5O3.HI/c1-4-17(5-2)20-13-19(31-28-20)15-26-23(24-3)25-14-16-8-10-18(11-9-16)27-22(29)21-7-6-12-30-21;/h6-13,17H,4-5,14-15H2,1-3H3,(H,27,29)(H2,24,25,26);1H. The van der Waals surface area contributed by atoms with Crippen LogP contribution in [-0.4, -0.2) is 24.1 Å². The molecule has 1 aromatic carbocycles. The molecule has 3 N–H and O–H groups in total. The average Bonchev–Trinajstić information content (AvgIpc) is 3.49. The van der Waals surface area contributed by atoms with E-state index in [9.17, 15) is 4.79 Å². The number of halogens is 1. The summed E-state index contributed by atoms with van der Waals surface area (Å²) in [5.74, 6) is 1.87. The van der Waals surface area contributed by atoms with Gasteiger partial charge in [-0.1, -0.05) is 31.1 Å². The van der Waals surface area contributed by atoms with Gasteiger partial charge in [-0.25, -0.2) is 0 Å². The first kappa shape index (κ1) is 25.4. The predicted molar refractivity (Wildman–Crippen MR) is 135 cm³/mol. The van der Waals surface area contributed by atoms with Crippen molar-refractivity contribution in [3.63, 3.8) is 0 Å². The zero-order valence-electron chi connectivity index (χ0n) is 18.6. The first-order chi connectivity index (χ1) is 15.1. The number of carbonyl (C=O) groups is 1. The van der Waals surface area contributed by atoms with Crippen molar-refractivity contribution in [3.05, 3.63) is 71.5 Å². The van der Waals surface area contributed by atoms with Crippen molar-refractivity contribution in [1.82, 2.24) is 15.8 Å². The van der Waals surface area contributed by atoms with E-state index >= 15 is 0 Å². The van der Waals surface area contributed by atoms with Crippen molar-refractivity contribution in [2.75, 3.05) is 12.4 Å². The molecule has 172 valence electrons. The maximum Gasteiger partial charge on any atom is 0.291 e. The van der Waals surface area contributed by atoms with Crippen LogP contribution in [0.15, 0.2) is 62.7 Å². The molecule has 1 amide bonds. The third kappa shape index (κ3) is 7.11. The van der Waals surface area contributed by atoms with Crippen molar-refractivity contribution < 1.29 is 13.7 Å². The SMILES string of the molecule is CCC(CC)c1cc(CNC(=NC)NCc2ccc(NC(=O)c3ccco3)cc2)on1.I. The molecule has 32 heavy (non-hydrogen) atoms. The van der Waals surface area contributed by atoms with Gasteiger partial charge >= 0.3 is 0 Å². The van der Waals surface area contributed by atoms with E-state index in [0.717, 1.165) is 29.9 Å². The van der Waals surface area contributed by atoms with E-state index in [1.54, 1.807) is 19.2 Å². The topological polar surface area (TPSA) is 105 Å². The first-order valence-corrected chi connectivity index (χ1v) is 10.5. The van der Waals surface area contributed by atoms with Crippen LogP contribution in [0.3, 0.4) is 0 Å². The molecule has 0 aliphatic heterocycles. The van der Waals surface area contributed by atoms with Gasteiger partial charge in [-0.15, -0.1) is 24.0 Å². The third-order valence-electron chi connectivity index (χ3n) is 5.05. The number of anilines is 1. The summed E-state index contributed by atoms with van der Waals surface area (Å²) in [6.45, 7) is 5.41. The fourth-order valence-corrected chi connectivity index (χ4v) is 3.20. The van der Waals surface area contributed by atoms with Gasteiger partial charge in [0.05, 0.1) is 18.5 Å². The summed E-state index contributed by atoms with van der Waals surface area (Å²) in [6.07, 6.45) is 3.56. The van der Waals surface area contributed by atoms with Crippen LogP contribution in [0.5, 0.6) is 0 Å². The number of hydrogen-bond acceptors (Lipinski definition) is 5. The van der Waals surface area contributed by atoms with Crippen LogP contribution in [0, 0.1) is 0 Å². The van der Waals surface area contributed by atoms with Crippen LogP contribution in [0.2, 0.25) is 0 Å².